The number of anilines is 1. The maximum absolute atomic E-state index is 12.1. The van der Waals surface area contributed by atoms with E-state index >= 15 is 0 Å². The van der Waals surface area contributed by atoms with Crippen molar-refractivity contribution in [2.24, 2.45) is 0 Å². The Kier molecular flexibility index (Phi) is 6.07. The maximum atomic E-state index is 12.1. The number of nitrogens with one attached hydrogen (secondary N) is 2. The van der Waals surface area contributed by atoms with E-state index in [1.807, 2.05) is 32.9 Å². The highest BCUT2D eigenvalue weighted by molar-refractivity contribution is 5.97. The van der Waals surface area contributed by atoms with E-state index in [-0.39, 0.29) is 5.97 Å². The summed E-state index contributed by atoms with van der Waals surface area (Å²) < 4.78 is 10.4. The largest absolute Gasteiger partial charge is 0.463 e. The monoisotopic (exact) mass is 346 g/mol. The lowest BCUT2D eigenvalue weighted by molar-refractivity contribution is -0.138. The second-order valence-corrected chi connectivity index (χ2v) is 6.81. The number of carbonyl (C=O) groups is 2. The van der Waals surface area contributed by atoms with Crippen LogP contribution in [-0.2, 0) is 14.3 Å². The number of rotatable bonds is 4. The van der Waals surface area contributed by atoms with Gasteiger partial charge in [0.05, 0.1) is 17.9 Å². The molecular formula is C19H26N2O4. The molecule has 2 rings (SSSR count). The van der Waals surface area contributed by atoms with E-state index in [0.29, 0.717) is 24.3 Å². The number of carbonyl (C=O) groups excluding carboxylic acids is 2. The summed E-state index contributed by atoms with van der Waals surface area (Å²) in [6.07, 6.45) is 1.09. The van der Waals surface area contributed by atoms with E-state index in [9.17, 15) is 9.59 Å². The number of amides is 1. The third-order valence-corrected chi connectivity index (χ3v) is 3.55. The second kappa shape index (κ2) is 8.05. The standard InChI is InChI=1S/C19H26N2O4/c1-5-24-17(22)15-7-6-12-20-16(15)13-8-10-14(11-9-13)21-18(23)25-19(2,3)4/h8-11,20H,5-7,12H2,1-4H3,(H,21,23). The third-order valence-electron chi connectivity index (χ3n) is 3.55. The van der Waals surface area contributed by atoms with Crippen molar-refractivity contribution < 1.29 is 19.1 Å². The van der Waals surface area contributed by atoms with Gasteiger partial charge in [-0.3, -0.25) is 5.32 Å². The number of ether oxygens (including phenoxy) is 2. The van der Waals surface area contributed by atoms with E-state index in [0.717, 1.165) is 24.2 Å². The average Bonchev–Trinajstić information content (AvgIpc) is 2.54. The molecule has 0 saturated heterocycles. The van der Waals surface area contributed by atoms with E-state index in [1.165, 1.54) is 0 Å². The van der Waals surface area contributed by atoms with Crippen LogP contribution in [0.4, 0.5) is 10.5 Å². The van der Waals surface area contributed by atoms with Crippen LogP contribution in [0.5, 0.6) is 0 Å². The molecule has 0 radical (unpaired) electrons. The van der Waals surface area contributed by atoms with Gasteiger partial charge in [0.2, 0.25) is 0 Å². The Bertz CT molecular complexity index is 657. The average molecular weight is 346 g/mol. The lowest BCUT2D eigenvalue weighted by Gasteiger charge is -2.22. The van der Waals surface area contributed by atoms with Crippen LogP contribution < -0.4 is 10.6 Å². The minimum atomic E-state index is -0.546. The zero-order valence-electron chi connectivity index (χ0n) is 15.3. The van der Waals surface area contributed by atoms with Gasteiger partial charge >= 0.3 is 12.1 Å². The molecule has 2 N–H and O–H groups in total. The first-order valence-corrected chi connectivity index (χ1v) is 8.54. The molecule has 136 valence electrons. The van der Waals surface area contributed by atoms with E-state index in [4.69, 9.17) is 9.47 Å². The predicted molar refractivity (Wildman–Crippen MR) is 97.1 cm³/mol. The minimum absolute atomic E-state index is 0.277. The normalized spacial score (nSPS) is 14.6. The Morgan fingerprint density at radius 3 is 2.48 bits per heavy atom. The minimum Gasteiger partial charge on any atom is -0.463 e. The van der Waals surface area contributed by atoms with Crippen molar-refractivity contribution in [3.63, 3.8) is 0 Å². The summed E-state index contributed by atoms with van der Waals surface area (Å²) in [5, 5.41) is 5.98. The van der Waals surface area contributed by atoms with Gasteiger partial charge in [-0.2, -0.15) is 0 Å². The highest BCUT2D eigenvalue weighted by Crippen LogP contribution is 2.25. The molecule has 0 atom stereocenters. The summed E-state index contributed by atoms with van der Waals surface area (Å²) in [5.74, 6) is -0.277. The topological polar surface area (TPSA) is 76.7 Å². The lowest BCUT2D eigenvalue weighted by Crippen LogP contribution is -2.27. The molecule has 1 heterocycles. The highest BCUT2D eigenvalue weighted by atomic mass is 16.6. The Morgan fingerprint density at radius 2 is 1.88 bits per heavy atom. The van der Waals surface area contributed by atoms with Crippen LogP contribution in [0.15, 0.2) is 29.8 Å². The van der Waals surface area contributed by atoms with Crippen LogP contribution in [0, 0.1) is 0 Å². The summed E-state index contributed by atoms with van der Waals surface area (Å²) in [6.45, 7) is 8.41. The number of hydrogen-bond acceptors (Lipinski definition) is 5. The molecule has 1 aliphatic rings. The van der Waals surface area contributed by atoms with Crippen LogP contribution in [0.3, 0.4) is 0 Å². The SMILES string of the molecule is CCOC(=O)C1=C(c2ccc(NC(=O)OC(C)(C)C)cc2)NCCC1. The first-order chi connectivity index (χ1) is 11.8. The number of benzene rings is 1. The van der Waals surface area contributed by atoms with Crippen molar-refractivity contribution >= 4 is 23.4 Å². The van der Waals surface area contributed by atoms with Crippen LogP contribution in [0.1, 0.15) is 46.1 Å². The molecular weight excluding hydrogens is 320 g/mol. The van der Waals surface area contributed by atoms with Crippen LogP contribution in [0.2, 0.25) is 0 Å². The second-order valence-electron chi connectivity index (χ2n) is 6.81. The summed E-state index contributed by atoms with van der Waals surface area (Å²) >= 11 is 0. The lowest BCUT2D eigenvalue weighted by atomic mass is 9.98. The van der Waals surface area contributed by atoms with Crippen molar-refractivity contribution in [1.29, 1.82) is 0 Å². The van der Waals surface area contributed by atoms with Gasteiger partial charge < -0.3 is 14.8 Å². The van der Waals surface area contributed by atoms with Gasteiger partial charge in [-0.05, 0) is 58.2 Å². The van der Waals surface area contributed by atoms with Crippen molar-refractivity contribution in [1.82, 2.24) is 5.32 Å². The van der Waals surface area contributed by atoms with Gasteiger partial charge in [0.25, 0.3) is 0 Å². The Morgan fingerprint density at radius 1 is 1.20 bits per heavy atom. The zero-order valence-corrected chi connectivity index (χ0v) is 15.3. The molecule has 0 spiro atoms. The van der Waals surface area contributed by atoms with Gasteiger partial charge in [0.15, 0.2) is 0 Å². The van der Waals surface area contributed by atoms with Crippen LogP contribution in [-0.4, -0.2) is 30.8 Å². The van der Waals surface area contributed by atoms with Gasteiger partial charge in [-0.15, -0.1) is 0 Å². The van der Waals surface area contributed by atoms with Crippen molar-refractivity contribution in [2.45, 2.75) is 46.1 Å². The number of esters is 1. The summed E-state index contributed by atoms with van der Waals surface area (Å²) in [4.78, 5) is 23.9. The van der Waals surface area contributed by atoms with Gasteiger partial charge in [0.1, 0.15) is 5.60 Å². The van der Waals surface area contributed by atoms with Gasteiger partial charge in [-0.1, -0.05) is 12.1 Å². The molecule has 0 unspecified atom stereocenters. The molecule has 1 amide bonds. The third kappa shape index (κ3) is 5.52. The highest BCUT2D eigenvalue weighted by Gasteiger charge is 2.21. The first-order valence-electron chi connectivity index (χ1n) is 8.54. The van der Waals surface area contributed by atoms with Crippen molar-refractivity contribution in [3.8, 4) is 0 Å². The number of hydrogen-bond donors (Lipinski definition) is 2. The summed E-state index contributed by atoms with van der Waals surface area (Å²) in [7, 11) is 0. The fraction of sp³-hybridized carbons (Fsp3) is 0.474. The molecule has 1 aliphatic heterocycles. The molecule has 0 aromatic heterocycles. The van der Waals surface area contributed by atoms with E-state index < -0.39 is 11.7 Å². The quantitative estimate of drug-likeness (QED) is 0.813. The maximum Gasteiger partial charge on any atom is 0.412 e. The van der Waals surface area contributed by atoms with Crippen molar-refractivity contribution in [2.75, 3.05) is 18.5 Å². The molecule has 1 aromatic carbocycles. The van der Waals surface area contributed by atoms with Crippen LogP contribution >= 0.6 is 0 Å². The predicted octanol–water partition coefficient (Wildman–Crippen LogP) is 3.69. The molecule has 1 aromatic rings. The fourth-order valence-corrected chi connectivity index (χ4v) is 2.55. The van der Waals surface area contributed by atoms with Gasteiger partial charge in [0, 0.05) is 12.2 Å². The molecule has 0 bridgehead atoms. The Labute approximate surface area is 148 Å². The molecule has 0 fully saturated rings. The van der Waals surface area contributed by atoms with E-state index in [1.54, 1.807) is 19.1 Å². The van der Waals surface area contributed by atoms with E-state index in [2.05, 4.69) is 10.6 Å². The fourth-order valence-electron chi connectivity index (χ4n) is 2.55. The zero-order chi connectivity index (χ0) is 18.4. The summed E-state index contributed by atoms with van der Waals surface area (Å²) in [5.41, 5.74) is 2.44. The molecule has 6 nitrogen and oxygen atoms in total. The molecule has 0 saturated carbocycles. The molecule has 6 heteroatoms. The molecule has 0 aliphatic carbocycles. The van der Waals surface area contributed by atoms with Crippen molar-refractivity contribution in [3.05, 3.63) is 35.4 Å². The molecule has 25 heavy (non-hydrogen) atoms. The summed E-state index contributed by atoms with van der Waals surface area (Å²) in [6, 6.07) is 7.29. The Hall–Kier alpha value is -2.50. The van der Waals surface area contributed by atoms with Crippen LogP contribution in [0.25, 0.3) is 5.70 Å². The smallest absolute Gasteiger partial charge is 0.412 e. The Balaban J connectivity index is 2.15. The van der Waals surface area contributed by atoms with Gasteiger partial charge in [-0.25, -0.2) is 9.59 Å². The first kappa shape index (κ1) is 18.8.